The summed E-state index contributed by atoms with van der Waals surface area (Å²) >= 11 is 0. The minimum atomic E-state index is 0.535. The fourth-order valence-corrected chi connectivity index (χ4v) is 3.84. The smallest absolute Gasteiger partial charge is 0.167 e. The largest absolute Gasteiger partial charge is 0.493 e. The van der Waals surface area contributed by atoms with E-state index < -0.39 is 0 Å². The van der Waals surface area contributed by atoms with Crippen LogP contribution < -0.4 is 20.5 Å². The van der Waals surface area contributed by atoms with E-state index in [0.717, 1.165) is 47.6 Å². The average molecular weight is 447 g/mol. The Morgan fingerprint density at radius 1 is 1.00 bits per heavy atom. The van der Waals surface area contributed by atoms with Crippen LogP contribution >= 0.6 is 0 Å². The van der Waals surface area contributed by atoms with Crippen LogP contribution in [0.1, 0.15) is 6.42 Å². The molecule has 0 bridgehead atoms. The molecular weight excluding hydrogens is 416 g/mol. The van der Waals surface area contributed by atoms with Crippen LogP contribution in [0.25, 0.3) is 27.9 Å². The maximum Gasteiger partial charge on any atom is 0.167 e. The van der Waals surface area contributed by atoms with Crippen molar-refractivity contribution in [2.24, 2.45) is 0 Å². The molecule has 172 valence electrons. The maximum atomic E-state index is 6.66. The number of methoxy groups -OCH3 is 2. The van der Waals surface area contributed by atoms with Gasteiger partial charge in [-0.1, -0.05) is 36.4 Å². The number of nitrogens with zero attached hydrogens (tertiary/aromatic N) is 4. The Bertz CT molecular complexity index is 1240. The van der Waals surface area contributed by atoms with E-state index in [1.54, 1.807) is 24.9 Å². The lowest BCUT2D eigenvalue weighted by Crippen LogP contribution is -2.17. The van der Waals surface area contributed by atoms with Gasteiger partial charge >= 0.3 is 0 Å². The molecule has 8 nitrogen and oxygen atoms in total. The summed E-state index contributed by atoms with van der Waals surface area (Å²) < 4.78 is 12.6. The quantitative estimate of drug-likeness (QED) is 0.375. The van der Waals surface area contributed by atoms with Crippen LogP contribution in [-0.4, -0.2) is 60.9 Å². The van der Waals surface area contributed by atoms with E-state index in [2.05, 4.69) is 29.4 Å². The monoisotopic (exact) mass is 446 g/mol. The second kappa shape index (κ2) is 9.79. The first-order valence-electron chi connectivity index (χ1n) is 10.9. The number of rotatable bonds is 9. The summed E-state index contributed by atoms with van der Waals surface area (Å²) in [5, 5.41) is 8.07. The van der Waals surface area contributed by atoms with E-state index in [1.807, 2.05) is 48.5 Å². The number of fused-ring (bicyclic) bond motifs is 1. The van der Waals surface area contributed by atoms with Crippen LogP contribution in [0, 0.1) is 0 Å². The Labute approximate surface area is 194 Å². The Morgan fingerprint density at radius 2 is 1.76 bits per heavy atom. The van der Waals surface area contributed by atoms with Crippen molar-refractivity contribution in [2.45, 2.75) is 6.42 Å². The first-order chi connectivity index (χ1) is 16.0. The molecule has 4 rings (SSSR count). The number of hydrogen-bond donors (Lipinski definition) is 2. The van der Waals surface area contributed by atoms with Crippen molar-refractivity contribution >= 4 is 17.3 Å². The molecule has 8 heteroatoms. The number of nitrogens with one attached hydrogen (secondary N) is 1. The molecule has 0 radical (unpaired) electrons. The summed E-state index contributed by atoms with van der Waals surface area (Å²) in [6.07, 6.45) is 2.76. The van der Waals surface area contributed by atoms with E-state index >= 15 is 0 Å². The molecule has 0 aliphatic heterocycles. The Hall–Kier alpha value is -3.78. The maximum absolute atomic E-state index is 6.66. The van der Waals surface area contributed by atoms with Gasteiger partial charge in [0.25, 0.3) is 0 Å². The second-order valence-corrected chi connectivity index (χ2v) is 8.03. The van der Waals surface area contributed by atoms with Crippen molar-refractivity contribution < 1.29 is 9.47 Å². The van der Waals surface area contributed by atoms with Gasteiger partial charge in [0.2, 0.25) is 0 Å². The Morgan fingerprint density at radius 3 is 2.45 bits per heavy atom. The lowest BCUT2D eigenvalue weighted by Gasteiger charge is -2.16. The van der Waals surface area contributed by atoms with E-state index in [1.165, 1.54) is 0 Å². The molecule has 2 heterocycles. The van der Waals surface area contributed by atoms with Crippen molar-refractivity contribution in [3.05, 3.63) is 54.7 Å². The molecule has 0 atom stereocenters. The highest BCUT2D eigenvalue weighted by atomic mass is 16.5. The highest BCUT2D eigenvalue weighted by molar-refractivity contribution is 5.89. The number of benzene rings is 2. The van der Waals surface area contributed by atoms with Crippen LogP contribution in [-0.2, 0) is 0 Å². The van der Waals surface area contributed by atoms with E-state index in [0.29, 0.717) is 23.0 Å². The number of ether oxygens (including phenoxy) is 2. The molecular formula is C25H30N6O2. The topological polar surface area (TPSA) is 89.9 Å². The van der Waals surface area contributed by atoms with Gasteiger partial charge in [-0.25, -0.2) is 4.98 Å². The number of nitrogen functional groups attached to an aromatic ring is 1. The fraction of sp³-hybridized carbons (Fsp3) is 0.280. The zero-order valence-corrected chi connectivity index (χ0v) is 19.5. The molecule has 0 aliphatic carbocycles. The highest BCUT2D eigenvalue weighted by Crippen LogP contribution is 2.37. The molecule has 2 aromatic carbocycles. The minimum Gasteiger partial charge on any atom is -0.493 e. The molecule has 33 heavy (non-hydrogen) atoms. The molecule has 0 aliphatic rings. The molecule has 3 N–H and O–H groups in total. The van der Waals surface area contributed by atoms with Crippen LogP contribution in [0.2, 0.25) is 0 Å². The predicted molar refractivity (Wildman–Crippen MR) is 133 cm³/mol. The average Bonchev–Trinajstić information content (AvgIpc) is 3.26. The first-order valence-corrected chi connectivity index (χ1v) is 10.9. The predicted octanol–water partition coefficient (Wildman–Crippen LogP) is 4.03. The van der Waals surface area contributed by atoms with Crippen LogP contribution in [0.15, 0.2) is 54.7 Å². The summed E-state index contributed by atoms with van der Waals surface area (Å²) in [4.78, 5) is 7.15. The summed E-state index contributed by atoms with van der Waals surface area (Å²) in [5.74, 6) is 2.59. The van der Waals surface area contributed by atoms with Crippen molar-refractivity contribution in [3.63, 3.8) is 0 Å². The molecule has 0 spiro atoms. The van der Waals surface area contributed by atoms with Gasteiger partial charge in [-0.2, -0.15) is 9.61 Å². The van der Waals surface area contributed by atoms with Gasteiger partial charge in [0.15, 0.2) is 17.1 Å². The van der Waals surface area contributed by atoms with E-state index in [4.69, 9.17) is 20.2 Å². The normalized spacial score (nSPS) is 11.2. The molecule has 0 fully saturated rings. The number of aromatic nitrogens is 3. The summed E-state index contributed by atoms with van der Waals surface area (Å²) in [7, 11) is 7.38. The van der Waals surface area contributed by atoms with E-state index in [-0.39, 0.29) is 0 Å². The van der Waals surface area contributed by atoms with Gasteiger partial charge in [0.05, 0.1) is 26.0 Å². The van der Waals surface area contributed by atoms with Gasteiger partial charge in [-0.15, -0.1) is 0 Å². The van der Waals surface area contributed by atoms with Crippen LogP contribution in [0.3, 0.4) is 0 Å². The molecule has 0 saturated heterocycles. The molecule has 4 aromatic rings. The standard InChI is InChI=1S/C25H30N6O2/c1-30(2)14-8-13-27-24-22(17-9-6-5-7-10-17)23(26)31-25(29-24)19(16-28-31)18-11-12-20(32-3)21(15-18)33-4/h5-7,9-12,15-16H,8,13-14,26H2,1-4H3,(H,27,29). The Balaban J connectivity index is 1.83. The first kappa shape index (κ1) is 22.4. The zero-order valence-electron chi connectivity index (χ0n) is 19.5. The molecule has 0 amide bonds. The van der Waals surface area contributed by atoms with Crippen molar-refractivity contribution in [3.8, 4) is 33.8 Å². The van der Waals surface area contributed by atoms with Crippen molar-refractivity contribution in [1.82, 2.24) is 19.5 Å². The summed E-state index contributed by atoms with van der Waals surface area (Å²) in [6, 6.07) is 15.8. The van der Waals surface area contributed by atoms with Crippen LogP contribution in [0.5, 0.6) is 11.5 Å². The second-order valence-electron chi connectivity index (χ2n) is 8.03. The highest BCUT2D eigenvalue weighted by Gasteiger charge is 2.19. The van der Waals surface area contributed by atoms with Gasteiger partial charge in [0.1, 0.15) is 11.6 Å². The van der Waals surface area contributed by atoms with Gasteiger partial charge < -0.3 is 25.4 Å². The third-order valence-electron chi connectivity index (χ3n) is 5.51. The summed E-state index contributed by atoms with van der Waals surface area (Å²) in [6.45, 7) is 1.76. The van der Waals surface area contributed by atoms with Gasteiger partial charge in [-0.3, -0.25) is 0 Å². The lowest BCUT2D eigenvalue weighted by molar-refractivity contribution is 0.355. The third kappa shape index (κ3) is 4.56. The zero-order chi connectivity index (χ0) is 23.4. The molecule has 0 unspecified atom stereocenters. The van der Waals surface area contributed by atoms with Gasteiger partial charge in [0, 0.05) is 12.1 Å². The SMILES string of the molecule is COc1ccc(-c2cnn3c(N)c(-c4ccccc4)c(NCCCN(C)C)nc23)cc1OC. The minimum absolute atomic E-state index is 0.535. The van der Waals surface area contributed by atoms with Crippen LogP contribution in [0.4, 0.5) is 11.6 Å². The summed E-state index contributed by atoms with van der Waals surface area (Å²) in [5.41, 5.74) is 10.9. The fourth-order valence-electron chi connectivity index (χ4n) is 3.84. The third-order valence-corrected chi connectivity index (χ3v) is 5.51. The number of nitrogens with two attached hydrogens (primary N) is 1. The number of hydrogen-bond acceptors (Lipinski definition) is 7. The van der Waals surface area contributed by atoms with E-state index in [9.17, 15) is 0 Å². The lowest BCUT2D eigenvalue weighted by atomic mass is 10.1. The molecule has 2 aromatic heterocycles. The van der Waals surface area contributed by atoms with Gasteiger partial charge in [-0.05, 0) is 50.3 Å². The van der Waals surface area contributed by atoms with Crippen molar-refractivity contribution in [2.75, 3.05) is 52.5 Å². The Kier molecular flexibility index (Phi) is 6.65. The molecule has 0 saturated carbocycles. The number of anilines is 2. The van der Waals surface area contributed by atoms with Crippen molar-refractivity contribution in [1.29, 1.82) is 0 Å².